The highest BCUT2D eigenvalue weighted by atomic mass is 16.5. The quantitative estimate of drug-likeness (QED) is 0.715. The predicted octanol–water partition coefficient (Wildman–Crippen LogP) is 2.05. The molecule has 7 nitrogen and oxygen atoms in total. The molecule has 0 N–H and O–H groups in total. The van der Waals surface area contributed by atoms with Gasteiger partial charge in [0.2, 0.25) is 0 Å². The highest BCUT2D eigenvalue weighted by Gasteiger charge is 2.12. The Morgan fingerprint density at radius 1 is 1.27 bits per heavy atom. The fourth-order valence-electron chi connectivity index (χ4n) is 1.82. The van der Waals surface area contributed by atoms with E-state index >= 15 is 0 Å². The smallest absolute Gasteiger partial charge is 0.437 e. The van der Waals surface area contributed by atoms with E-state index in [0.29, 0.717) is 17.1 Å². The van der Waals surface area contributed by atoms with Crippen molar-refractivity contribution in [3.8, 4) is 23.5 Å². The van der Waals surface area contributed by atoms with Crippen LogP contribution in [0.5, 0.6) is 5.75 Å². The molecule has 0 spiro atoms. The third-order valence-electron chi connectivity index (χ3n) is 2.89. The number of furan rings is 1. The zero-order valence-corrected chi connectivity index (χ0v) is 11.4. The number of nitrogens with zero attached hydrogens (tertiary/aromatic N) is 3. The molecule has 0 amide bonds. The van der Waals surface area contributed by atoms with Crippen molar-refractivity contribution < 1.29 is 13.6 Å². The fraction of sp³-hybridized carbons (Fsp3) is 0.133. The van der Waals surface area contributed by atoms with Crippen LogP contribution >= 0.6 is 0 Å². The van der Waals surface area contributed by atoms with Crippen LogP contribution < -0.4 is 10.5 Å². The first kappa shape index (κ1) is 13.7. The topological polar surface area (TPSA) is 94.2 Å². The van der Waals surface area contributed by atoms with Gasteiger partial charge in [0.15, 0.2) is 5.76 Å². The van der Waals surface area contributed by atoms with Gasteiger partial charge in [-0.1, -0.05) is 0 Å². The maximum absolute atomic E-state index is 11.7. The van der Waals surface area contributed by atoms with E-state index in [9.17, 15) is 4.79 Å². The SMILES string of the molecule is N#Cc1ccc(OCCn2nc(-c3ccco3)oc2=O)cc1. The highest BCUT2D eigenvalue weighted by Crippen LogP contribution is 2.15. The minimum atomic E-state index is -0.574. The molecule has 0 saturated heterocycles. The standard InChI is InChI=1S/C15H11N3O4/c16-10-11-3-5-12(6-4-11)20-9-7-18-15(19)22-14(17-18)13-2-1-8-21-13/h1-6,8H,7,9H2. The number of hydrogen-bond acceptors (Lipinski definition) is 6. The molecule has 110 valence electrons. The van der Waals surface area contributed by atoms with Crippen LogP contribution in [0.3, 0.4) is 0 Å². The van der Waals surface area contributed by atoms with E-state index in [1.165, 1.54) is 10.9 Å². The third kappa shape index (κ3) is 2.91. The number of hydrogen-bond donors (Lipinski definition) is 0. The van der Waals surface area contributed by atoms with Crippen molar-refractivity contribution in [2.75, 3.05) is 6.61 Å². The van der Waals surface area contributed by atoms with Crippen molar-refractivity contribution in [1.82, 2.24) is 9.78 Å². The predicted molar refractivity (Wildman–Crippen MR) is 75.1 cm³/mol. The highest BCUT2D eigenvalue weighted by molar-refractivity contribution is 5.42. The van der Waals surface area contributed by atoms with Gasteiger partial charge in [0.1, 0.15) is 12.4 Å². The summed E-state index contributed by atoms with van der Waals surface area (Å²) >= 11 is 0. The van der Waals surface area contributed by atoms with Crippen molar-refractivity contribution >= 4 is 0 Å². The minimum absolute atomic E-state index is 0.133. The summed E-state index contributed by atoms with van der Waals surface area (Å²) in [4.78, 5) is 11.7. The van der Waals surface area contributed by atoms with Crippen LogP contribution in [0.4, 0.5) is 0 Å². The molecule has 3 aromatic rings. The third-order valence-corrected chi connectivity index (χ3v) is 2.89. The molecule has 2 heterocycles. The second-order valence-electron chi connectivity index (χ2n) is 4.36. The molecular weight excluding hydrogens is 286 g/mol. The zero-order valence-electron chi connectivity index (χ0n) is 11.4. The van der Waals surface area contributed by atoms with Crippen molar-refractivity contribution in [3.63, 3.8) is 0 Å². The van der Waals surface area contributed by atoms with Gasteiger partial charge >= 0.3 is 5.76 Å². The molecule has 22 heavy (non-hydrogen) atoms. The van der Waals surface area contributed by atoms with Crippen molar-refractivity contribution in [3.05, 3.63) is 58.8 Å². The molecule has 0 bridgehead atoms. The van der Waals surface area contributed by atoms with E-state index in [1.54, 1.807) is 36.4 Å². The summed E-state index contributed by atoms with van der Waals surface area (Å²) in [6, 6.07) is 12.1. The minimum Gasteiger partial charge on any atom is -0.492 e. The van der Waals surface area contributed by atoms with Gasteiger partial charge < -0.3 is 13.6 Å². The Balaban J connectivity index is 1.62. The van der Waals surface area contributed by atoms with Crippen LogP contribution in [0.1, 0.15) is 5.56 Å². The largest absolute Gasteiger partial charge is 0.492 e. The molecule has 0 aliphatic rings. The molecular formula is C15H11N3O4. The molecule has 0 unspecified atom stereocenters. The average Bonchev–Trinajstić information content (AvgIpc) is 3.18. The van der Waals surface area contributed by atoms with Crippen molar-refractivity contribution in [2.24, 2.45) is 0 Å². The molecule has 1 aromatic carbocycles. The number of rotatable bonds is 5. The Morgan fingerprint density at radius 2 is 2.09 bits per heavy atom. The lowest BCUT2D eigenvalue weighted by Gasteiger charge is -2.04. The molecule has 7 heteroatoms. The van der Waals surface area contributed by atoms with Crippen LogP contribution in [-0.2, 0) is 6.54 Å². The Morgan fingerprint density at radius 3 is 2.77 bits per heavy atom. The van der Waals surface area contributed by atoms with Crippen LogP contribution in [-0.4, -0.2) is 16.4 Å². The van der Waals surface area contributed by atoms with Gasteiger partial charge in [-0.3, -0.25) is 0 Å². The van der Waals surface area contributed by atoms with E-state index in [1.807, 2.05) is 6.07 Å². The normalized spacial score (nSPS) is 10.3. The zero-order chi connectivity index (χ0) is 15.4. The summed E-state index contributed by atoms with van der Waals surface area (Å²) < 4.78 is 16.8. The van der Waals surface area contributed by atoms with Crippen molar-refractivity contribution in [1.29, 1.82) is 5.26 Å². The molecule has 0 aliphatic heterocycles. The number of aromatic nitrogens is 2. The Labute approximate surface area is 125 Å². The fourth-order valence-corrected chi connectivity index (χ4v) is 1.82. The van der Waals surface area contributed by atoms with E-state index in [0.717, 1.165) is 0 Å². The molecule has 0 aliphatic carbocycles. The van der Waals surface area contributed by atoms with Gasteiger partial charge in [0, 0.05) is 0 Å². The van der Waals surface area contributed by atoms with E-state index < -0.39 is 5.76 Å². The number of benzene rings is 1. The van der Waals surface area contributed by atoms with Crippen molar-refractivity contribution in [2.45, 2.75) is 6.54 Å². The summed E-state index contributed by atoms with van der Waals surface area (Å²) in [5.74, 6) is 0.564. The van der Waals surface area contributed by atoms with Gasteiger partial charge in [0.05, 0.1) is 24.4 Å². The number of ether oxygens (including phenoxy) is 1. The Hall–Kier alpha value is -3.27. The first-order chi connectivity index (χ1) is 10.8. The lowest BCUT2D eigenvalue weighted by Crippen LogP contribution is -2.20. The van der Waals surface area contributed by atoms with Gasteiger partial charge in [-0.15, -0.1) is 5.10 Å². The Kier molecular flexibility index (Phi) is 3.74. The summed E-state index contributed by atoms with van der Waals surface area (Å²) in [6.07, 6.45) is 1.47. The van der Waals surface area contributed by atoms with Crippen LogP contribution in [0, 0.1) is 11.3 Å². The van der Waals surface area contributed by atoms with E-state index in [-0.39, 0.29) is 19.0 Å². The number of nitriles is 1. The summed E-state index contributed by atoms with van der Waals surface area (Å²) in [5.41, 5.74) is 0.558. The maximum atomic E-state index is 11.7. The second-order valence-corrected chi connectivity index (χ2v) is 4.36. The van der Waals surface area contributed by atoms with Gasteiger partial charge in [-0.2, -0.15) is 9.94 Å². The van der Waals surface area contributed by atoms with E-state index in [2.05, 4.69) is 5.10 Å². The summed E-state index contributed by atoms with van der Waals surface area (Å²) in [7, 11) is 0. The Bertz CT molecular complexity index is 838. The molecule has 0 radical (unpaired) electrons. The summed E-state index contributed by atoms with van der Waals surface area (Å²) in [6.45, 7) is 0.485. The lowest BCUT2D eigenvalue weighted by atomic mass is 10.2. The molecule has 3 rings (SSSR count). The first-order valence-corrected chi connectivity index (χ1v) is 6.51. The average molecular weight is 297 g/mol. The summed E-state index contributed by atoms with van der Waals surface area (Å²) in [5, 5.41) is 12.7. The monoisotopic (exact) mass is 297 g/mol. The molecule has 0 atom stereocenters. The van der Waals surface area contributed by atoms with Gasteiger partial charge in [0.25, 0.3) is 5.89 Å². The van der Waals surface area contributed by atoms with Crippen LogP contribution in [0.25, 0.3) is 11.7 Å². The second kappa shape index (κ2) is 6.01. The molecule has 0 fully saturated rings. The lowest BCUT2D eigenvalue weighted by molar-refractivity contribution is 0.285. The van der Waals surface area contributed by atoms with Crippen LogP contribution in [0.15, 0.2) is 56.3 Å². The van der Waals surface area contributed by atoms with Gasteiger partial charge in [-0.05, 0) is 36.4 Å². The van der Waals surface area contributed by atoms with Gasteiger partial charge in [-0.25, -0.2) is 4.79 Å². The molecule has 0 saturated carbocycles. The first-order valence-electron chi connectivity index (χ1n) is 6.51. The maximum Gasteiger partial charge on any atom is 0.437 e. The molecule has 2 aromatic heterocycles. The van der Waals surface area contributed by atoms with E-state index in [4.69, 9.17) is 18.8 Å². The van der Waals surface area contributed by atoms with Crippen LogP contribution in [0.2, 0.25) is 0 Å².